The molecule has 0 aromatic heterocycles. The molecule has 3 rings (SSSR count). The first-order valence-electron chi connectivity index (χ1n) is 7.55. The largest absolute Gasteiger partial charge is 0.483 e. The highest BCUT2D eigenvalue weighted by Gasteiger charge is 2.43. The summed E-state index contributed by atoms with van der Waals surface area (Å²) < 4.78 is 5.62. The summed E-state index contributed by atoms with van der Waals surface area (Å²) >= 11 is 0. The average Bonchev–Trinajstić information content (AvgIpc) is 3.07. The maximum atomic E-state index is 12.2. The fourth-order valence-electron chi connectivity index (χ4n) is 3.48. The smallest absolute Gasteiger partial charge is 0.260 e. The number of carbonyl (C=O) groups excluding carboxylic acids is 1. The summed E-state index contributed by atoms with van der Waals surface area (Å²) in [6.45, 7) is 1.84. The summed E-state index contributed by atoms with van der Waals surface area (Å²) in [5, 5.41) is 9.89. The standard InChI is InChI=1S/C16H22N2O3/c17-7-11-3-1-2-4-15(11)21-10-16(20)18-8-12-5-6-14(19)13(12)9-18/h1-4,12-14,19H,5-10,17H2. The molecule has 3 unspecified atom stereocenters. The zero-order chi connectivity index (χ0) is 14.8. The van der Waals surface area contributed by atoms with Crippen LogP contribution in [0.1, 0.15) is 18.4 Å². The number of fused-ring (bicyclic) bond motifs is 1. The van der Waals surface area contributed by atoms with Crippen LogP contribution in [0.4, 0.5) is 0 Å². The van der Waals surface area contributed by atoms with Crippen molar-refractivity contribution in [3.05, 3.63) is 29.8 Å². The van der Waals surface area contributed by atoms with Crippen molar-refractivity contribution < 1.29 is 14.6 Å². The molecule has 1 heterocycles. The normalized spacial score (nSPS) is 27.7. The highest BCUT2D eigenvalue weighted by Crippen LogP contribution is 2.38. The van der Waals surface area contributed by atoms with E-state index in [2.05, 4.69) is 0 Å². The summed E-state index contributed by atoms with van der Waals surface area (Å²) in [6, 6.07) is 7.50. The lowest BCUT2D eigenvalue weighted by molar-refractivity contribution is -0.132. The molecule has 114 valence electrons. The summed E-state index contributed by atoms with van der Waals surface area (Å²) in [4.78, 5) is 14.1. The number of carbonyl (C=O) groups is 1. The fraction of sp³-hybridized carbons (Fsp3) is 0.562. The number of likely N-dealkylation sites (tertiary alicyclic amines) is 1. The Kier molecular flexibility index (Phi) is 4.12. The van der Waals surface area contributed by atoms with E-state index in [0.29, 0.717) is 24.8 Å². The van der Waals surface area contributed by atoms with Crippen LogP contribution in [0.3, 0.4) is 0 Å². The zero-order valence-electron chi connectivity index (χ0n) is 12.1. The lowest BCUT2D eigenvalue weighted by Crippen LogP contribution is -2.34. The first-order chi connectivity index (χ1) is 10.2. The molecule has 2 aliphatic rings. The van der Waals surface area contributed by atoms with Crippen LogP contribution in [0, 0.1) is 11.8 Å². The van der Waals surface area contributed by atoms with E-state index in [4.69, 9.17) is 10.5 Å². The first kappa shape index (κ1) is 14.4. The number of ether oxygens (including phenoxy) is 1. The Bertz CT molecular complexity index is 520. The molecule has 1 aliphatic heterocycles. The van der Waals surface area contributed by atoms with Gasteiger partial charge in [0.05, 0.1) is 6.10 Å². The molecule has 1 saturated carbocycles. The third-order valence-electron chi connectivity index (χ3n) is 4.72. The molecule has 2 fully saturated rings. The van der Waals surface area contributed by atoms with Crippen LogP contribution in [0.15, 0.2) is 24.3 Å². The number of benzene rings is 1. The maximum absolute atomic E-state index is 12.2. The fourth-order valence-corrected chi connectivity index (χ4v) is 3.48. The van der Waals surface area contributed by atoms with Crippen molar-refractivity contribution in [2.24, 2.45) is 17.6 Å². The molecule has 5 nitrogen and oxygen atoms in total. The van der Waals surface area contributed by atoms with E-state index in [-0.39, 0.29) is 24.5 Å². The third-order valence-corrected chi connectivity index (χ3v) is 4.72. The van der Waals surface area contributed by atoms with E-state index in [1.54, 1.807) is 0 Å². The number of nitrogens with zero attached hydrogens (tertiary/aromatic N) is 1. The van der Waals surface area contributed by atoms with Crippen molar-refractivity contribution in [1.82, 2.24) is 4.90 Å². The van der Waals surface area contributed by atoms with Gasteiger partial charge in [-0.05, 0) is 24.8 Å². The van der Waals surface area contributed by atoms with Gasteiger partial charge in [-0.2, -0.15) is 0 Å². The van der Waals surface area contributed by atoms with Crippen LogP contribution in [-0.4, -0.2) is 41.7 Å². The Hall–Kier alpha value is -1.59. The lowest BCUT2D eigenvalue weighted by atomic mass is 10.00. The second-order valence-corrected chi connectivity index (χ2v) is 5.97. The Morgan fingerprint density at radius 3 is 2.90 bits per heavy atom. The number of hydrogen-bond acceptors (Lipinski definition) is 4. The molecule has 21 heavy (non-hydrogen) atoms. The number of amides is 1. The van der Waals surface area contributed by atoms with Crippen LogP contribution >= 0.6 is 0 Å². The first-order valence-corrected chi connectivity index (χ1v) is 7.55. The molecular formula is C16H22N2O3. The lowest BCUT2D eigenvalue weighted by Gasteiger charge is -2.19. The van der Waals surface area contributed by atoms with Gasteiger partial charge < -0.3 is 20.5 Å². The minimum Gasteiger partial charge on any atom is -0.483 e. The van der Waals surface area contributed by atoms with E-state index < -0.39 is 0 Å². The van der Waals surface area contributed by atoms with Crippen LogP contribution < -0.4 is 10.5 Å². The molecule has 1 aromatic rings. The molecule has 1 aromatic carbocycles. The Balaban J connectivity index is 1.55. The second kappa shape index (κ2) is 6.03. The monoisotopic (exact) mass is 290 g/mol. The number of aliphatic hydroxyl groups excluding tert-OH is 1. The molecule has 0 radical (unpaired) electrons. The number of nitrogens with two attached hydrogens (primary N) is 1. The van der Waals surface area contributed by atoms with Gasteiger partial charge in [0.25, 0.3) is 5.91 Å². The van der Waals surface area contributed by atoms with E-state index in [1.165, 1.54) is 0 Å². The summed E-state index contributed by atoms with van der Waals surface area (Å²) in [5.74, 6) is 1.38. The van der Waals surface area contributed by atoms with Crippen molar-refractivity contribution in [1.29, 1.82) is 0 Å². The number of para-hydroxylation sites is 1. The molecule has 3 atom stereocenters. The van der Waals surface area contributed by atoms with Crippen LogP contribution in [0.2, 0.25) is 0 Å². The second-order valence-electron chi connectivity index (χ2n) is 5.97. The van der Waals surface area contributed by atoms with Gasteiger partial charge in [0.15, 0.2) is 6.61 Å². The van der Waals surface area contributed by atoms with E-state index in [1.807, 2.05) is 29.2 Å². The average molecular weight is 290 g/mol. The van der Waals surface area contributed by atoms with Gasteiger partial charge in [0, 0.05) is 31.1 Å². The minimum atomic E-state index is -0.244. The van der Waals surface area contributed by atoms with Gasteiger partial charge in [-0.15, -0.1) is 0 Å². The molecule has 0 spiro atoms. The van der Waals surface area contributed by atoms with Gasteiger partial charge in [0.2, 0.25) is 0 Å². The Labute approximate surface area is 124 Å². The predicted octanol–water partition coefficient (Wildman–Crippen LogP) is 0.753. The SMILES string of the molecule is NCc1ccccc1OCC(=O)N1CC2CCC(O)C2C1. The highest BCUT2D eigenvalue weighted by atomic mass is 16.5. The third kappa shape index (κ3) is 2.89. The summed E-state index contributed by atoms with van der Waals surface area (Å²) in [5.41, 5.74) is 6.56. The summed E-state index contributed by atoms with van der Waals surface area (Å²) in [7, 11) is 0. The maximum Gasteiger partial charge on any atom is 0.260 e. The molecular weight excluding hydrogens is 268 g/mol. The van der Waals surface area contributed by atoms with Crippen molar-refractivity contribution in [2.75, 3.05) is 19.7 Å². The van der Waals surface area contributed by atoms with Gasteiger partial charge in [-0.3, -0.25) is 4.79 Å². The van der Waals surface area contributed by atoms with Crippen molar-refractivity contribution >= 4 is 5.91 Å². The number of rotatable bonds is 4. The molecule has 0 bridgehead atoms. The van der Waals surface area contributed by atoms with Crippen LogP contribution in [-0.2, 0) is 11.3 Å². The molecule has 1 saturated heterocycles. The van der Waals surface area contributed by atoms with Crippen LogP contribution in [0.5, 0.6) is 5.75 Å². The van der Waals surface area contributed by atoms with Gasteiger partial charge in [-0.1, -0.05) is 18.2 Å². The number of aliphatic hydroxyl groups is 1. The van der Waals surface area contributed by atoms with Gasteiger partial charge in [-0.25, -0.2) is 0 Å². The quantitative estimate of drug-likeness (QED) is 0.858. The molecule has 1 amide bonds. The molecule has 1 aliphatic carbocycles. The zero-order valence-corrected chi connectivity index (χ0v) is 12.1. The van der Waals surface area contributed by atoms with E-state index in [9.17, 15) is 9.90 Å². The van der Waals surface area contributed by atoms with E-state index in [0.717, 1.165) is 24.9 Å². The van der Waals surface area contributed by atoms with Crippen molar-refractivity contribution in [3.8, 4) is 5.75 Å². The topological polar surface area (TPSA) is 75.8 Å². The van der Waals surface area contributed by atoms with Gasteiger partial charge in [0.1, 0.15) is 5.75 Å². The number of hydrogen-bond donors (Lipinski definition) is 2. The van der Waals surface area contributed by atoms with Crippen LogP contribution in [0.25, 0.3) is 0 Å². The van der Waals surface area contributed by atoms with Gasteiger partial charge >= 0.3 is 0 Å². The Morgan fingerprint density at radius 1 is 1.33 bits per heavy atom. The molecule has 3 N–H and O–H groups in total. The predicted molar refractivity (Wildman–Crippen MR) is 78.6 cm³/mol. The highest BCUT2D eigenvalue weighted by molar-refractivity contribution is 5.78. The summed E-state index contributed by atoms with van der Waals surface area (Å²) in [6.07, 6.45) is 1.65. The Morgan fingerprint density at radius 2 is 2.14 bits per heavy atom. The van der Waals surface area contributed by atoms with Crippen molar-refractivity contribution in [2.45, 2.75) is 25.5 Å². The van der Waals surface area contributed by atoms with Crippen molar-refractivity contribution in [3.63, 3.8) is 0 Å². The minimum absolute atomic E-state index is 0.0107. The van der Waals surface area contributed by atoms with E-state index >= 15 is 0 Å². The molecule has 5 heteroatoms.